The SMILES string of the molecule is CC(=O)c1ccc(OCc2ccccc2)c(C(F)(F)F)c1Br. The van der Waals surface area contributed by atoms with E-state index in [0.29, 0.717) is 0 Å². The molecule has 0 aliphatic carbocycles. The Hall–Kier alpha value is -1.82. The lowest BCUT2D eigenvalue weighted by Gasteiger charge is -2.17. The summed E-state index contributed by atoms with van der Waals surface area (Å²) >= 11 is 2.87. The minimum absolute atomic E-state index is 0.00970. The van der Waals surface area contributed by atoms with Crippen LogP contribution in [0.2, 0.25) is 0 Å². The van der Waals surface area contributed by atoms with Gasteiger partial charge in [0.25, 0.3) is 0 Å². The first kappa shape index (κ1) is 16.5. The molecule has 116 valence electrons. The fourth-order valence-electron chi connectivity index (χ4n) is 1.95. The fourth-order valence-corrected chi connectivity index (χ4v) is 2.78. The highest BCUT2D eigenvalue weighted by molar-refractivity contribution is 9.10. The number of ketones is 1. The highest BCUT2D eigenvalue weighted by atomic mass is 79.9. The molecule has 0 aliphatic rings. The first-order chi connectivity index (χ1) is 10.3. The Morgan fingerprint density at radius 2 is 1.77 bits per heavy atom. The summed E-state index contributed by atoms with van der Waals surface area (Å²) in [6.45, 7) is 1.22. The van der Waals surface area contributed by atoms with E-state index in [4.69, 9.17) is 4.74 Å². The van der Waals surface area contributed by atoms with Gasteiger partial charge in [0.2, 0.25) is 0 Å². The lowest BCUT2D eigenvalue weighted by molar-refractivity contribution is -0.139. The highest BCUT2D eigenvalue weighted by Crippen LogP contribution is 2.43. The van der Waals surface area contributed by atoms with Crippen molar-refractivity contribution in [3.8, 4) is 5.75 Å². The van der Waals surface area contributed by atoms with Crippen LogP contribution in [0, 0.1) is 0 Å². The Morgan fingerprint density at radius 1 is 1.14 bits per heavy atom. The molecule has 2 aromatic carbocycles. The molecule has 0 aromatic heterocycles. The standard InChI is InChI=1S/C16H12BrF3O2/c1-10(21)12-7-8-13(14(15(12)17)16(18,19)20)22-9-11-5-3-2-4-6-11/h2-8H,9H2,1H3. The number of hydrogen-bond donors (Lipinski definition) is 0. The molecule has 0 aliphatic heterocycles. The van der Waals surface area contributed by atoms with Crippen LogP contribution in [0.4, 0.5) is 13.2 Å². The van der Waals surface area contributed by atoms with E-state index in [2.05, 4.69) is 15.9 Å². The number of benzene rings is 2. The van der Waals surface area contributed by atoms with Crippen LogP contribution < -0.4 is 4.74 Å². The second-order valence-electron chi connectivity index (χ2n) is 4.63. The molecule has 2 nitrogen and oxygen atoms in total. The highest BCUT2D eigenvalue weighted by Gasteiger charge is 2.38. The molecule has 0 amide bonds. The summed E-state index contributed by atoms with van der Waals surface area (Å²) in [7, 11) is 0. The number of rotatable bonds is 4. The van der Waals surface area contributed by atoms with Crippen LogP contribution in [0.3, 0.4) is 0 Å². The van der Waals surface area contributed by atoms with E-state index in [9.17, 15) is 18.0 Å². The molecule has 0 heterocycles. The third-order valence-corrected chi connectivity index (χ3v) is 3.83. The number of carbonyl (C=O) groups excluding carboxylic acids is 1. The van der Waals surface area contributed by atoms with Crippen molar-refractivity contribution < 1.29 is 22.7 Å². The topological polar surface area (TPSA) is 26.3 Å². The maximum atomic E-state index is 13.3. The predicted molar refractivity (Wildman–Crippen MR) is 79.9 cm³/mol. The van der Waals surface area contributed by atoms with E-state index >= 15 is 0 Å². The van der Waals surface area contributed by atoms with E-state index in [0.717, 1.165) is 5.56 Å². The van der Waals surface area contributed by atoms with Gasteiger partial charge >= 0.3 is 6.18 Å². The largest absolute Gasteiger partial charge is 0.488 e. The van der Waals surface area contributed by atoms with E-state index in [-0.39, 0.29) is 22.4 Å². The number of hydrogen-bond acceptors (Lipinski definition) is 2. The van der Waals surface area contributed by atoms with Gasteiger partial charge in [-0.1, -0.05) is 30.3 Å². The van der Waals surface area contributed by atoms with Crippen molar-refractivity contribution in [2.24, 2.45) is 0 Å². The van der Waals surface area contributed by atoms with E-state index in [1.54, 1.807) is 24.3 Å². The van der Waals surface area contributed by atoms with Crippen LogP contribution in [0.15, 0.2) is 46.9 Å². The zero-order valence-corrected chi connectivity index (χ0v) is 13.2. The molecular weight excluding hydrogens is 361 g/mol. The van der Waals surface area contributed by atoms with Gasteiger partial charge in [-0.05, 0) is 40.5 Å². The van der Waals surface area contributed by atoms with Gasteiger partial charge in [-0.3, -0.25) is 4.79 Å². The first-order valence-corrected chi connectivity index (χ1v) is 7.17. The number of halogens is 4. The van der Waals surface area contributed by atoms with Crippen molar-refractivity contribution in [2.45, 2.75) is 19.7 Å². The smallest absolute Gasteiger partial charge is 0.421 e. The third kappa shape index (κ3) is 3.68. The zero-order chi connectivity index (χ0) is 16.3. The van der Waals surface area contributed by atoms with Crippen LogP contribution in [0.25, 0.3) is 0 Å². The minimum Gasteiger partial charge on any atom is -0.488 e. The van der Waals surface area contributed by atoms with Crippen molar-refractivity contribution in [1.29, 1.82) is 0 Å². The summed E-state index contributed by atoms with van der Waals surface area (Å²) in [4.78, 5) is 11.4. The van der Waals surface area contributed by atoms with Crippen LogP contribution >= 0.6 is 15.9 Å². The monoisotopic (exact) mass is 372 g/mol. The van der Waals surface area contributed by atoms with Crippen molar-refractivity contribution in [3.05, 3.63) is 63.6 Å². The average Bonchev–Trinajstić information content (AvgIpc) is 2.44. The van der Waals surface area contributed by atoms with Gasteiger partial charge in [-0.25, -0.2) is 0 Å². The number of carbonyl (C=O) groups is 1. The van der Waals surface area contributed by atoms with E-state index in [1.807, 2.05) is 6.07 Å². The molecule has 2 aromatic rings. The molecule has 0 atom stereocenters. The van der Waals surface area contributed by atoms with Crippen LogP contribution in [-0.4, -0.2) is 5.78 Å². The average molecular weight is 373 g/mol. The molecular formula is C16H12BrF3O2. The maximum Gasteiger partial charge on any atom is 0.421 e. The van der Waals surface area contributed by atoms with Crippen molar-refractivity contribution in [1.82, 2.24) is 0 Å². The second kappa shape index (κ2) is 6.52. The van der Waals surface area contributed by atoms with Crippen molar-refractivity contribution in [2.75, 3.05) is 0 Å². The van der Waals surface area contributed by atoms with Gasteiger partial charge in [-0.15, -0.1) is 0 Å². The number of ether oxygens (including phenoxy) is 1. The van der Waals surface area contributed by atoms with Gasteiger partial charge in [0.05, 0.1) is 0 Å². The molecule has 0 spiro atoms. The Kier molecular flexibility index (Phi) is 4.90. The molecule has 0 saturated carbocycles. The van der Waals surface area contributed by atoms with Crippen molar-refractivity contribution >= 4 is 21.7 Å². The molecule has 22 heavy (non-hydrogen) atoms. The lowest BCUT2D eigenvalue weighted by atomic mass is 10.1. The maximum absolute atomic E-state index is 13.3. The quantitative estimate of drug-likeness (QED) is 0.685. The van der Waals surface area contributed by atoms with Crippen LogP contribution in [0.1, 0.15) is 28.4 Å². The summed E-state index contributed by atoms with van der Waals surface area (Å²) in [5, 5.41) is 0. The number of alkyl halides is 3. The van der Waals surface area contributed by atoms with Gasteiger partial charge in [0, 0.05) is 10.0 Å². The molecule has 0 unspecified atom stereocenters. The molecule has 0 radical (unpaired) electrons. The summed E-state index contributed by atoms with van der Waals surface area (Å²) in [6, 6.07) is 11.4. The van der Waals surface area contributed by atoms with E-state index in [1.165, 1.54) is 19.1 Å². The lowest BCUT2D eigenvalue weighted by Crippen LogP contribution is -2.12. The zero-order valence-electron chi connectivity index (χ0n) is 11.6. The summed E-state index contributed by atoms with van der Waals surface area (Å²) in [5.41, 5.74) is -0.252. The molecule has 6 heteroatoms. The molecule has 0 N–H and O–H groups in total. The van der Waals surface area contributed by atoms with Gasteiger partial charge in [0.1, 0.15) is 17.9 Å². The molecule has 0 saturated heterocycles. The normalized spacial score (nSPS) is 11.3. The predicted octanol–water partition coefficient (Wildman–Crippen LogP) is 5.25. The third-order valence-electron chi connectivity index (χ3n) is 3.00. The number of Topliss-reactive ketones (excluding diaryl/α,β-unsaturated/α-hetero) is 1. The molecule has 0 fully saturated rings. The van der Waals surface area contributed by atoms with Crippen LogP contribution in [0.5, 0.6) is 5.75 Å². The van der Waals surface area contributed by atoms with Crippen molar-refractivity contribution in [3.63, 3.8) is 0 Å². The Bertz CT molecular complexity index is 682. The minimum atomic E-state index is -4.63. The molecule has 2 rings (SSSR count). The van der Waals surface area contributed by atoms with Gasteiger partial charge in [-0.2, -0.15) is 13.2 Å². The van der Waals surface area contributed by atoms with Gasteiger partial charge < -0.3 is 4.74 Å². The van der Waals surface area contributed by atoms with E-state index < -0.39 is 17.5 Å². The fraction of sp³-hybridized carbons (Fsp3) is 0.188. The van der Waals surface area contributed by atoms with Crippen LogP contribution in [-0.2, 0) is 12.8 Å². The Balaban J connectivity index is 2.39. The molecule has 0 bridgehead atoms. The Labute approximate surface area is 134 Å². The second-order valence-corrected chi connectivity index (χ2v) is 5.42. The summed E-state index contributed by atoms with van der Waals surface area (Å²) < 4.78 is 44.8. The van der Waals surface area contributed by atoms with Gasteiger partial charge in [0.15, 0.2) is 5.78 Å². The first-order valence-electron chi connectivity index (χ1n) is 6.38. The summed E-state index contributed by atoms with van der Waals surface area (Å²) in [5.74, 6) is -0.764. The summed E-state index contributed by atoms with van der Waals surface area (Å²) in [6.07, 6.45) is -4.63. The Morgan fingerprint density at radius 3 is 2.32 bits per heavy atom.